The van der Waals surface area contributed by atoms with E-state index in [9.17, 15) is 9.59 Å². The van der Waals surface area contributed by atoms with Crippen LogP contribution in [0.1, 0.15) is 32.1 Å². The number of ether oxygens (including phenoxy) is 3. The second-order valence-electron chi connectivity index (χ2n) is 5.83. The minimum Gasteiger partial charge on any atom is -0.493 e. The second kappa shape index (κ2) is 7.45. The second-order valence-corrected chi connectivity index (χ2v) is 5.83. The van der Waals surface area contributed by atoms with Crippen LogP contribution in [0, 0.1) is 13.8 Å². The quantitative estimate of drug-likeness (QED) is 0.482. The number of aryl methyl sites for hydroxylation is 2. The van der Waals surface area contributed by atoms with Gasteiger partial charge in [-0.1, -0.05) is 5.16 Å². The molecule has 3 aromatic rings. The van der Waals surface area contributed by atoms with E-state index in [-0.39, 0.29) is 17.1 Å². The molecule has 8 heteroatoms. The Kier molecular flexibility index (Phi) is 5.07. The molecule has 0 spiro atoms. The van der Waals surface area contributed by atoms with Crippen molar-refractivity contribution in [2.24, 2.45) is 0 Å². The van der Waals surface area contributed by atoms with Gasteiger partial charge in [0.05, 0.1) is 30.9 Å². The lowest BCUT2D eigenvalue weighted by molar-refractivity contribution is 0.0476. The summed E-state index contributed by atoms with van der Waals surface area (Å²) >= 11 is 0. The van der Waals surface area contributed by atoms with Crippen LogP contribution in [0.25, 0.3) is 11.1 Å². The number of pyridine rings is 1. The zero-order valence-corrected chi connectivity index (χ0v) is 15.4. The number of aromatic nitrogens is 2. The monoisotopic (exact) mass is 370 g/mol. The first-order valence-electron chi connectivity index (χ1n) is 8.10. The van der Waals surface area contributed by atoms with Crippen molar-refractivity contribution in [1.29, 1.82) is 0 Å². The Morgan fingerprint density at radius 2 is 1.81 bits per heavy atom. The molecule has 0 unspecified atom stereocenters. The Labute approximate surface area is 155 Å². The van der Waals surface area contributed by atoms with Crippen molar-refractivity contribution >= 4 is 22.9 Å². The minimum atomic E-state index is -0.648. The van der Waals surface area contributed by atoms with E-state index in [0.29, 0.717) is 33.8 Å². The van der Waals surface area contributed by atoms with Crippen molar-refractivity contribution in [3.8, 4) is 11.5 Å². The van der Waals surface area contributed by atoms with Crippen LogP contribution >= 0.6 is 0 Å². The third kappa shape index (κ3) is 3.59. The summed E-state index contributed by atoms with van der Waals surface area (Å²) in [5.41, 5.74) is 1.96. The Morgan fingerprint density at radius 1 is 1.07 bits per heavy atom. The van der Waals surface area contributed by atoms with Crippen LogP contribution in [0.5, 0.6) is 11.5 Å². The van der Waals surface area contributed by atoms with Crippen LogP contribution in [0.15, 0.2) is 28.8 Å². The minimum absolute atomic E-state index is 0.255. The number of ketones is 1. The third-order valence-electron chi connectivity index (χ3n) is 4.00. The molecule has 0 saturated carbocycles. The van der Waals surface area contributed by atoms with Gasteiger partial charge in [-0.2, -0.15) is 0 Å². The molecule has 0 bridgehead atoms. The molecule has 0 N–H and O–H groups in total. The van der Waals surface area contributed by atoms with E-state index >= 15 is 0 Å². The number of hydrogen-bond acceptors (Lipinski definition) is 8. The summed E-state index contributed by atoms with van der Waals surface area (Å²) in [4.78, 5) is 29.1. The van der Waals surface area contributed by atoms with Crippen LogP contribution in [0.3, 0.4) is 0 Å². The van der Waals surface area contributed by atoms with E-state index in [1.54, 1.807) is 32.0 Å². The molecule has 3 rings (SSSR count). The number of carbonyl (C=O) groups is 2. The number of carbonyl (C=O) groups excluding carboxylic acids is 2. The first kappa shape index (κ1) is 18.4. The number of rotatable bonds is 6. The highest BCUT2D eigenvalue weighted by atomic mass is 16.5. The molecular formula is C19H18N2O6. The van der Waals surface area contributed by atoms with Crippen molar-refractivity contribution in [3.63, 3.8) is 0 Å². The van der Waals surface area contributed by atoms with E-state index in [0.717, 1.165) is 0 Å². The number of nitrogens with zero attached hydrogens (tertiary/aromatic N) is 2. The first-order chi connectivity index (χ1) is 12.9. The number of Topliss-reactive ketones (excluding diaryl/α,β-unsaturated/α-hetero) is 1. The van der Waals surface area contributed by atoms with Gasteiger partial charge in [0.2, 0.25) is 0 Å². The largest absolute Gasteiger partial charge is 0.493 e. The Balaban J connectivity index is 1.78. The van der Waals surface area contributed by atoms with Crippen LogP contribution in [0.2, 0.25) is 0 Å². The lowest BCUT2D eigenvalue weighted by atomic mass is 10.1. The number of esters is 1. The van der Waals surface area contributed by atoms with Gasteiger partial charge < -0.3 is 18.7 Å². The summed E-state index contributed by atoms with van der Waals surface area (Å²) in [7, 11) is 2.98. The fourth-order valence-electron chi connectivity index (χ4n) is 2.68. The van der Waals surface area contributed by atoms with E-state index in [2.05, 4.69) is 10.1 Å². The van der Waals surface area contributed by atoms with E-state index in [1.165, 1.54) is 20.3 Å². The third-order valence-corrected chi connectivity index (χ3v) is 4.00. The van der Waals surface area contributed by atoms with Crippen LogP contribution in [0.4, 0.5) is 0 Å². The lowest BCUT2D eigenvalue weighted by Crippen LogP contribution is -2.15. The van der Waals surface area contributed by atoms with Gasteiger partial charge in [0.25, 0.3) is 5.71 Å². The maximum atomic E-state index is 12.5. The molecule has 2 aromatic heterocycles. The molecule has 0 atom stereocenters. The van der Waals surface area contributed by atoms with Gasteiger partial charge >= 0.3 is 5.97 Å². The molecule has 140 valence electrons. The molecule has 1 aromatic carbocycles. The number of benzene rings is 1. The highest BCUT2D eigenvalue weighted by Crippen LogP contribution is 2.28. The topological polar surface area (TPSA) is 101 Å². The van der Waals surface area contributed by atoms with Crippen molar-refractivity contribution in [2.75, 3.05) is 20.8 Å². The van der Waals surface area contributed by atoms with E-state index in [1.807, 2.05) is 0 Å². The van der Waals surface area contributed by atoms with E-state index < -0.39 is 12.6 Å². The molecule has 0 aliphatic rings. The summed E-state index contributed by atoms with van der Waals surface area (Å²) in [6.07, 6.45) is 0. The van der Waals surface area contributed by atoms with Gasteiger partial charge in [-0.3, -0.25) is 4.79 Å². The predicted molar refractivity (Wildman–Crippen MR) is 95.4 cm³/mol. The number of fused-ring (bicyclic) bond motifs is 1. The van der Waals surface area contributed by atoms with Crippen molar-refractivity contribution in [3.05, 3.63) is 46.8 Å². The predicted octanol–water partition coefficient (Wildman–Crippen LogP) is 2.90. The summed E-state index contributed by atoms with van der Waals surface area (Å²) in [5.74, 6) is -0.0936. The standard InChI is InChI=1S/C19H18N2O6/c1-10-7-13(17-11(2)21-27-18(17)20-10)19(23)26-9-14(22)12-5-6-15(24-3)16(8-12)25-4/h5-8H,9H2,1-4H3. The fraction of sp³-hybridized carbons (Fsp3) is 0.263. The lowest BCUT2D eigenvalue weighted by Gasteiger charge is -2.09. The fourth-order valence-corrected chi connectivity index (χ4v) is 2.68. The highest BCUT2D eigenvalue weighted by molar-refractivity contribution is 6.05. The number of methoxy groups -OCH3 is 2. The van der Waals surface area contributed by atoms with E-state index in [4.69, 9.17) is 18.7 Å². The zero-order valence-electron chi connectivity index (χ0n) is 15.4. The Morgan fingerprint density at radius 3 is 2.52 bits per heavy atom. The molecule has 0 aliphatic heterocycles. The van der Waals surface area contributed by atoms with Crippen molar-refractivity contribution in [2.45, 2.75) is 13.8 Å². The average Bonchev–Trinajstić information content (AvgIpc) is 3.05. The maximum Gasteiger partial charge on any atom is 0.339 e. The van der Waals surface area contributed by atoms with Crippen molar-refractivity contribution in [1.82, 2.24) is 10.1 Å². The molecule has 0 fully saturated rings. The smallest absolute Gasteiger partial charge is 0.339 e. The molecule has 2 heterocycles. The van der Waals surface area contributed by atoms with Crippen molar-refractivity contribution < 1.29 is 28.3 Å². The summed E-state index contributed by atoms with van der Waals surface area (Å²) in [6.45, 7) is 3.01. The van der Waals surface area contributed by atoms with Crippen LogP contribution in [-0.4, -0.2) is 42.7 Å². The highest BCUT2D eigenvalue weighted by Gasteiger charge is 2.20. The van der Waals surface area contributed by atoms with Gasteiger partial charge in [-0.25, -0.2) is 9.78 Å². The van der Waals surface area contributed by atoms with Gasteiger partial charge in [-0.05, 0) is 38.1 Å². The molecule has 27 heavy (non-hydrogen) atoms. The van der Waals surface area contributed by atoms with Crippen LogP contribution < -0.4 is 9.47 Å². The molecule has 0 radical (unpaired) electrons. The molecule has 0 amide bonds. The summed E-state index contributed by atoms with van der Waals surface area (Å²) < 4.78 is 20.6. The molecule has 8 nitrogen and oxygen atoms in total. The number of hydrogen-bond donors (Lipinski definition) is 0. The van der Waals surface area contributed by atoms with Gasteiger partial charge in [0.15, 0.2) is 23.9 Å². The summed E-state index contributed by atoms with van der Waals surface area (Å²) in [6, 6.07) is 6.31. The SMILES string of the molecule is COc1ccc(C(=O)COC(=O)c2cc(C)nc3onc(C)c23)cc1OC. The molecular weight excluding hydrogens is 352 g/mol. The molecule has 0 saturated heterocycles. The van der Waals surface area contributed by atoms with Gasteiger partial charge in [-0.15, -0.1) is 0 Å². The average molecular weight is 370 g/mol. The van der Waals surface area contributed by atoms with Gasteiger partial charge in [0.1, 0.15) is 0 Å². The first-order valence-corrected chi connectivity index (χ1v) is 8.10. The zero-order chi connectivity index (χ0) is 19.6. The normalized spacial score (nSPS) is 10.7. The maximum absolute atomic E-state index is 12.5. The van der Waals surface area contributed by atoms with Crippen LogP contribution in [-0.2, 0) is 4.74 Å². The summed E-state index contributed by atoms with van der Waals surface area (Å²) in [5, 5.41) is 4.30. The Bertz CT molecular complexity index is 1020. The van der Waals surface area contributed by atoms with Gasteiger partial charge in [0, 0.05) is 11.3 Å². The molecule has 0 aliphatic carbocycles. The Hall–Kier alpha value is -3.42.